The van der Waals surface area contributed by atoms with Gasteiger partial charge in [-0.25, -0.2) is 9.97 Å². The first-order valence-corrected chi connectivity index (χ1v) is 6.37. The van der Waals surface area contributed by atoms with Gasteiger partial charge in [-0.2, -0.15) is 0 Å². The molecule has 0 atom stereocenters. The highest BCUT2D eigenvalue weighted by atomic mass is 15.1. The van der Waals surface area contributed by atoms with E-state index in [4.69, 9.17) is 0 Å². The summed E-state index contributed by atoms with van der Waals surface area (Å²) in [7, 11) is 0. The zero-order chi connectivity index (χ0) is 13.6. The zero-order valence-corrected chi connectivity index (χ0v) is 10.8. The van der Waals surface area contributed by atoms with Crippen molar-refractivity contribution in [3.05, 3.63) is 49.1 Å². The monoisotopic (exact) mass is 266 g/mol. The zero-order valence-electron chi connectivity index (χ0n) is 10.8. The van der Waals surface area contributed by atoms with Gasteiger partial charge in [0.1, 0.15) is 11.6 Å². The van der Waals surface area contributed by atoms with Crippen molar-refractivity contribution in [2.24, 2.45) is 0 Å². The van der Waals surface area contributed by atoms with Crippen LogP contribution in [0, 0.1) is 0 Å². The Kier molecular flexibility index (Phi) is 3.64. The highest BCUT2D eigenvalue weighted by molar-refractivity contribution is 5.75. The van der Waals surface area contributed by atoms with E-state index >= 15 is 0 Å². The number of hydrogen-bond donors (Lipinski definition) is 2. The molecule has 0 bridgehead atoms. The molecule has 1 aromatic carbocycles. The Labute approximate surface area is 116 Å². The highest BCUT2D eigenvalue weighted by Gasteiger charge is 1.98. The number of benzene rings is 1. The molecule has 0 aliphatic rings. The molecule has 2 heterocycles. The predicted molar refractivity (Wildman–Crippen MR) is 78.5 cm³/mol. The fourth-order valence-corrected chi connectivity index (χ4v) is 1.81. The summed E-state index contributed by atoms with van der Waals surface area (Å²) >= 11 is 0. The third-order valence-electron chi connectivity index (χ3n) is 2.75. The molecule has 0 radical (unpaired) electrons. The van der Waals surface area contributed by atoms with Crippen LogP contribution in [0.25, 0.3) is 11.0 Å². The van der Waals surface area contributed by atoms with Crippen LogP contribution in [-0.2, 0) is 0 Å². The molecule has 6 heteroatoms. The first kappa shape index (κ1) is 12.3. The van der Waals surface area contributed by atoms with Crippen LogP contribution in [-0.4, -0.2) is 33.0 Å². The molecular formula is C14H14N6. The Morgan fingerprint density at radius 1 is 0.800 bits per heavy atom. The number of anilines is 2. The second kappa shape index (κ2) is 5.92. The van der Waals surface area contributed by atoms with E-state index < -0.39 is 0 Å². The van der Waals surface area contributed by atoms with Crippen molar-refractivity contribution in [3.8, 4) is 0 Å². The summed E-state index contributed by atoms with van der Waals surface area (Å²) in [5.41, 5.74) is 1.79. The van der Waals surface area contributed by atoms with Gasteiger partial charge in [0.15, 0.2) is 0 Å². The minimum atomic E-state index is 0.726. The topological polar surface area (TPSA) is 75.6 Å². The van der Waals surface area contributed by atoms with Crippen LogP contribution in [0.15, 0.2) is 49.1 Å². The van der Waals surface area contributed by atoms with E-state index in [-0.39, 0.29) is 0 Å². The summed E-state index contributed by atoms with van der Waals surface area (Å²) in [6.45, 7) is 1.46. The summed E-state index contributed by atoms with van der Waals surface area (Å²) in [5, 5.41) is 6.39. The lowest BCUT2D eigenvalue weighted by molar-refractivity contribution is 1.03. The number of fused-ring (bicyclic) bond motifs is 1. The third-order valence-corrected chi connectivity index (χ3v) is 2.75. The van der Waals surface area contributed by atoms with Gasteiger partial charge in [0.2, 0.25) is 0 Å². The Hall–Kier alpha value is -2.76. The standard InChI is InChI=1S/C14H14N6/c1-2-4-12-11(3-1)19-10-14(20-12)18-8-7-17-13-9-15-5-6-16-13/h1-6,9-10H,7-8H2,(H,16,17)(H,18,20). The molecule has 2 aromatic heterocycles. The lowest BCUT2D eigenvalue weighted by Gasteiger charge is -2.07. The summed E-state index contributed by atoms with van der Waals surface area (Å²) in [6, 6.07) is 7.80. The lowest BCUT2D eigenvalue weighted by atomic mass is 10.3. The third kappa shape index (κ3) is 2.97. The maximum absolute atomic E-state index is 4.49. The van der Waals surface area contributed by atoms with E-state index in [0.29, 0.717) is 0 Å². The fourth-order valence-electron chi connectivity index (χ4n) is 1.81. The number of para-hydroxylation sites is 2. The number of hydrogen-bond acceptors (Lipinski definition) is 6. The van der Waals surface area contributed by atoms with Crippen molar-refractivity contribution in [3.63, 3.8) is 0 Å². The highest BCUT2D eigenvalue weighted by Crippen LogP contribution is 2.10. The molecule has 0 aliphatic carbocycles. The molecule has 0 spiro atoms. The lowest BCUT2D eigenvalue weighted by Crippen LogP contribution is -2.15. The average Bonchev–Trinajstić information content (AvgIpc) is 2.52. The molecule has 2 N–H and O–H groups in total. The fraction of sp³-hybridized carbons (Fsp3) is 0.143. The molecule has 100 valence electrons. The van der Waals surface area contributed by atoms with Gasteiger partial charge in [0.05, 0.1) is 23.4 Å². The quantitative estimate of drug-likeness (QED) is 0.687. The maximum Gasteiger partial charge on any atom is 0.145 e. The van der Waals surface area contributed by atoms with E-state index in [2.05, 4.69) is 30.6 Å². The van der Waals surface area contributed by atoms with Crippen LogP contribution in [0.3, 0.4) is 0 Å². The SMILES string of the molecule is c1ccc2nc(NCCNc3cnccn3)cnc2c1. The molecule has 0 saturated carbocycles. The van der Waals surface area contributed by atoms with E-state index in [1.807, 2.05) is 24.3 Å². The van der Waals surface area contributed by atoms with Gasteiger partial charge in [0.25, 0.3) is 0 Å². The average molecular weight is 266 g/mol. The number of aromatic nitrogens is 4. The van der Waals surface area contributed by atoms with Gasteiger partial charge in [-0.1, -0.05) is 12.1 Å². The van der Waals surface area contributed by atoms with E-state index in [9.17, 15) is 0 Å². The minimum Gasteiger partial charge on any atom is -0.367 e. The summed E-state index contributed by atoms with van der Waals surface area (Å²) < 4.78 is 0. The molecule has 0 saturated heterocycles. The van der Waals surface area contributed by atoms with Crippen molar-refractivity contribution in [1.29, 1.82) is 0 Å². The van der Waals surface area contributed by atoms with Gasteiger partial charge in [-0.15, -0.1) is 0 Å². The van der Waals surface area contributed by atoms with Crippen LogP contribution in [0.5, 0.6) is 0 Å². The Morgan fingerprint density at radius 2 is 1.60 bits per heavy atom. The van der Waals surface area contributed by atoms with Gasteiger partial charge < -0.3 is 10.6 Å². The number of nitrogens with zero attached hydrogens (tertiary/aromatic N) is 4. The number of rotatable bonds is 5. The Morgan fingerprint density at radius 3 is 2.40 bits per heavy atom. The van der Waals surface area contributed by atoms with E-state index in [1.165, 1.54) is 0 Å². The van der Waals surface area contributed by atoms with Crippen LogP contribution in [0.4, 0.5) is 11.6 Å². The minimum absolute atomic E-state index is 0.726. The molecule has 3 aromatic rings. The first-order chi connectivity index (χ1) is 9.92. The molecule has 0 amide bonds. The second-order valence-electron chi connectivity index (χ2n) is 4.19. The summed E-state index contributed by atoms with van der Waals surface area (Å²) in [6.07, 6.45) is 6.74. The van der Waals surface area contributed by atoms with Crippen molar-refractivity contribution in [2.45, 2.75) is 0 Å². The van der Waals surface area contributed by atoms with Crippen molar-refractivity contribution in [2.75, 3.05) is 23.7 Å². The predicted octanol–water partition coefficient (Wildman–Crippen LogP) is 1.94. The van der Waals surface area contributed by atoms with Gasteiger partial charge in [0, 0.05) is 25.5 Å². The van der Waals surface area contributed by atoms with Gasteiger partial charge in [-0.3, -0.25) is 9.97 Å². The van der Waals surface area contributed by atoms with Crippen molar-refractivity contribution < 1.29 is 0 Å². The van der Waals surface area contributed by atoms with Gasteiger partial charge in [-0.05, 0) is 12.1 Å². The molecule has 0 fully saturated rings. The van der Waals surface area contributed by atoms with Crippen molar-refractivity contribution >= 4 is 22.7 Å². The normalized spacial score (nSPS) is 10.4. The first-order valence-electron chi connectivity index (χ1n) is 6.37. The molecule has 6 nitrogen and oxygen atoms in total. The molecule has 0 aliphatic heterocycles. The van der Waals surface area contributed by atoms with Crippen LogP contribution in [0.2, 0.25) is 0 Å². The largest absolute Gasteiger partial charge is 0.367 e. The summed E-state index contributed by atoms with van der Waals surface area (Å²) in [4.78, 5) is 17.0. The Balaban J connectivity index is 1.55. The smallest absolute Gasteiger partial charge is 0.145 e. The number of nitrogens with one attached hydrogen (secondary N) is 2. The van der Waals surface area contributed by atoms with Gasteiger partial charge >= 0.3 is 0 Å². The summed E-state index contributed by atoms with van der Waals surface area (Å²) in [5.74, 6) is 1.53. The molecule has 3 rings (SSSR count). The van der Waals surface area contributed by atoms with Crippen LogP contribution in [0.1, 0.15) is 0 Å². The molecule has 20 heavy (non-hydrogen) atoms. The van der Waals surface area contributed by atoms with E-state index in [1.54, 1.807) is 24.8 Å². The Bertz CT molecular complexity index is 685. The van der Waals surface area contributed by atoms with Crippen molar-refractivity contribution in [1.82, 2.24) is 19.9 Å². The van der Waals surface area contributed by atoms with Crippen LogP contribution < -0.4 is 10.6 Å². The maximum atomic E-state index is 4.49. The van der Waals surface area contributed by atoms with E-state index in [0.717, 1.165) is 35.8 Å². The van der Waals surface area contributed by atoms with Crippen LogP contribution >= 0.6 is 0 Å². The second-order valence-corrected chi connectivity index (χ2v) is 4.19. The molecule has 0 unspecified atom stereocenters. The molecular weight excluding hydrogens is 252 g/mol.